The number of nitrogens with zero attached hydrogens (tertiary/aromatic N) is 2. The lowest BCUT2D eigenvalue weighted by Gasteiger charge is -2.29. The van der Waals surface area contributed by atoms with Crippen molar-refractivity contribution in [1.29, 1.82) is 0 Å². The lowest BCUT2D eigenvalue weighted by molar-refractivity contribution is -0.140. The third kappa shape index (κ3) is 5.08. The molecule has 7 nitrogen and oxygen atoms in total. The second-order valence-electron chi connectivity index (χ2n) is 8.19. The Labute approximate surface area is 208 Å². The highest BCUT2D eigenvalue weighted by molar-refractivity contribution is 6.47. The first-order valence-electron chi connectivity index (χ1n) is 11.1. The molecule has 1 amide bonds. The number of amides is 1. The summed E-state index contributed by atoms with van der Waals surface area (Å²) in [6, 6.07) is 10.7. The van der Waals surface area contributed by atoms with E-state index in [2.05, 4.69) is 4.90 Å². The Morgan fingerprint density at radius 2 is 1.79 bits per heavy atom. The van der Waals surface area contributed by atoms with Gasteiger partial charge in [0.05, 0.1) is 31.9 Å². The lowest BCUT2D eigenvalue weighted by atomic mass is 9.95. The first-order valence-corrected chi connectivity index (χ1v) is 11.8. The standard InChI is InChI=1S/C25H26Cl2N2O5/c1-33-18-6-3-16(4-7-18)23(30)21-22(19-8-5-17(26)15-20(19)27)29(25(32)24(21)31)10-2-9-28-11-13-34-14-12-28/h3-8,15,22,30H,2,9-14H2,1H3/b23-21+. The second kappa shape index (κ2) is 10.8. The summed E-state index contributed by atoms with van der Waals surface area (Å²) in [5, 5.41) is 11.9. The molecule has 2 heterocycles. The van der Waals surface area contributed by atoms with Crippen molar-refractivity contribution in [3.8, 4) is 5.75 Å². The fourth-order valence-electron chi connectivity index (χ4n) is 4.35. The first-order chi connectivity index (χ1) is 16.4. The second-order valence-corrected chi connectivity index (χ2v) is 9.04. The number of aliphatic hydroxyl groups is 1. The summed E-state index contributed by atoms with van der Waals surface area (Å²) < 4.78 is 10.6. The van der Waals surface area contributed by atoms with Gasteiger partial charge in [0.15, 0.2) is 0 Å². The molecular weight excluding hydrogens is 479 g/mol. The molecule has 4 rings (SSSR count). The first kappa shape index (κ1) is 24.5. The van der Waals surface area contributed by atoms with Crippen molar-refractivity contribution in [2.24, 2.45) is 0 Å². The monoisotopic (exact) mass is 504 g/mol. The van der Waals surface area contributed by atoms with E-state index in [4.69, 9.17) is 32.7 Å². The number of aliphatic hydroxyl groups excluding tert-OH is 1. The molecule has 0 bridgehead atoms. The molecule has 0 radical (unpaired) electrons. The van der Waals surface area contributed by atoms with Gasteiger partial charge in [0.1, 0.15) is 11.5 Å². The van der Waals surface area contributed by atoms with Gasteiger partial charge in [-0.2, -0.15) is 0 Å². The molecular formula is C25H26Cl2N2O5. The highest BCUT2D eigenvalue weighted by atomic mass is 35.5. The van der Waals surface area contributed by atoms with Crippen LogP contribution in [0.2, 0.25) is 10.0 Å². The maximum absolute atomic E-state index is 13.2. The predicted octanol–water partition coefficient (Wildman–Crippen LogP) is 4.15. The number of Topliss-reactive ketones (excluding diaryl/α,β-unsaturated/α-hetero) is 1. The van der Waals surface area contributed by atoms with Gasteiger partial charge in [0.2, 0.25) is 0 Å². The fraction of sp³-hybridized carbons (Fsp3) is 0.360. The minimum absolute atomic E-state index is 0.00533. The number of rotatable bonds is 7. The quantitative estimate of drug-likeness (QED) is 0.346. The molecule has 2 saturated heterocycles. The molecule has 1 unspecified atom stereocenters. The summed E-state index contributed by atoms with van der Waals surface area (Å²) in [5.74, 6) is -1.05. The zero-order chi connectivity index (χ0) is 24.2. The van der Waals surface area contributed by atoms with E-state index in [9.17, 15) is 14.7 Å². The van der Waals surface area contributed by atoms with Crippen LogP contribution in [0.25, 0.3) is 5.76 Å². The van der Waals surface area contributed by atoms with Crippen molar-refractivity contribution < 1.29 is 24.2 Å². The van der Waals surface area contributed by atoms with Gasteiger partial charge in [0, 0.05) is 41.8 Å². The van der Waals surface area contributed by atoms with Crippen LogP contribution in [0, 0.1) is 0 Å². The normalized spacial score (nSPS) is 20.7. The third-order valence-corrected chi connectivity index (χ3v) is 6.70. The summed E-state index contributed by atoms with van der Waals surface area (Å²) in [7, 11) is 1.54. The SMILES string of the molecule is COc1ccc(/C(O)=C2\C(=O)C(=O)N(CCCN3CCOCC3)C2c2ccc(Cl)cc2Cl)cc1. The summed E-state index contributed by atoms with van der Waals surface area (Å²) >= 11 is 12.6. The molecule has 0 aliphatic carbocycles. The Bertz CT molecular complexity index is 1100. The molecule has 0 saturated carbocycles. The Balaban J connectivity index is 1.70. The van der Waals surface area contributed by atoms with E-state index in [-0.39, 0.29) is 11.3 Å². The molecule has 2 aromatic carbocycles. The van der Waals surface area contributed by atoms with Gasteiger partial charge in [-0.05, 0) is 48.4 Å². The Kier molecular flexibility index (Phi) is 7.78. The third-order valence-electron chi connectivity index (χ3n) is 6.14. The van der Waals surface area contributed by atoms with Crippen LogP contribution < -0.4 is 4.74 Å². The fourth-order valence-corrected chi connectivity index (χ4v) is 4.86. The van der Waals surface area contributed by atoms with E-state index >= 15 is 0 Å². The van der Waals surface area contributed by atoms with Crippen molar-refractivity contribution in [1.82, 2.24) is 9.80 Å². The number of morpholine rings is 1. The molecule has 1 N–H and O–H groups in total. The van der Waals surface area contributed by atoms with Crippen molar-refractivity contribution in [2.45, 2.75) is 12.5 Å². The van der Waals surface area contributed by atoms with Crippen LogP contribution in [0.4, 0.5) is 0 Å². The van der Waals surface area contributed by atoms with Gasteiger partial charge in [0.25, 0.3) is 11.7 Å². The molecule has 9 heteroatoms. The number of hydrogen-bond acceptors (Lipinski definition) is 6. The number of hydrogen-bond donors (Lipinski definition) is 1. The molecule has 0 aromatic heterocycles. The van der Waals surface area contributed by atoms with Gasteiger partial charge in [-0.1, -0.05) is 29.3 Å². The van der Waals surface area contributed by atoms with Gasteiger partial charge >= 0.3 is 0 Å². The van der Waals surface area contributed by atoms with Crippen LogP contribution in [-0.2, 0) is 14.3 Å². The minimum atomic E-state index is -0.823. The highest BCUT2D eigenvalue weighted by Gasteiger charge is 2.46. The van der Waals surface area contributed by atoms with Crippen molar-refractivity contribution >= 4 is 40.7 Å². The predicted molar refractivity (Wildman–Crippen MR) is 130 cm³/mol. The lowest BCUT2D eigenvalue weighted by Crippen LogP contribution is -2.39. The van der Waals surface area contributed by atoms with Crippen LogP contribution in [0.15, 0.2) is 48.0 Å². The van der Waals surface area contributed by atoms with Crippen molar-refractivity contribution in [2.75, 3.05) is 46.5 Å². The number of carbonyl (C=O) groups is 2. The van der Waals surface area contributed by atoms with E-state index in [1.54, 1.807) is 49.6 Å². The highest BCUT2D eigenvalue weighted by Crippen LogP contribution is 2.42. The van der Waals surface area contributed by atoms with Gasteiger partial charge in [-0.3, -0.25) is 14.5 Å². The topological polar surface area (TPSA) is 79.3 Å². The average Bonchev–Trinajstić information content (AvgIpc) is 3.09. The summed E-state index contributed by atoms with van der Waals surface area (Å²) in [6.07, 6.45) is 0.664. The Morgan fingerprint density at radius 3 is 2.44 bits per heavy atom. The zero-order valence-corrected chi connectivity index (χ0v) is 20.3. The number of ether oxygens (including phenoxy) is 2. The largest absolute Gasteiger partial charge is 0.507 e. The van der Waals surface area contributed by atoms with Gasteiger partial charge < -0.3 is 19.5 Å². The smallest absolute Gasteiger partial charge is 0.295 e. The molecule has 2 aromatic rings. The maximum atomic E-state index is 13.2. The van der Waals surface area contributed by atoms with E-state index in [1.165, 1.54) is 4.90 Å². The number of ketones is 1. The van der Waals surface area contributed by atoms with Gasteiger partial charge in [-0.25, -0.2) is 0 Å². The van der Waals surface area contributed by atoms with E-state index < -0.39 is 17.7 Å². The minimum Gasteiger partial charge on any atom is -0.507 e. The summed E-state index contributed by atoms with van der Waals surface area (Å²) in [5.41, 5.74) is 0.944. The molecule has 2 aliphatic rings. The molecule has 180 valence electrons. The molecule has 2 fully saturated rings. The molecule has 34 heavy (non-hydrogen) atoms. The van der Waals surface area contributed by atoms with Crippen LogP contribution in [0.1, 0.15) is 23.6 Å². The van der Waals surface area contributed by atoms with E-state index in [1.807, 2.05) is 0 Å². The number of methoxy groups -OCH3 is 1. The molecule has 0 spiro atoms. The number of halogens is 2. The van der Waals surface area contributed by atoms with Gasteiger partial charge in [-0.15, -0.1) is 0 Å². The maximum Gasteiger partial charge on any atom is 0.295 e. The summed E-state index contributed by atoms with van der Waals surface area (Å²) in [4.78, 5) is 30.0. The average molecular weight is 505 g/mol. The van der Waals surface area contributed by atoms with E-state index in [0.717, 1.165) is 19.6 Å². The van der Waals surface area contributed by atoms with Crippen LogP contribution in [0.3, 0.4) is 0 Å². The molecule has 1 atom stereocenters. The van der Waals surface area contributed by atoms with E-state index in [0.29, 0.717) is 53.1 Å². The van der Waals surface area contributed by atoms with Crippen molar-refractivity contribution in [3.05, 3.63) is 69.2 Å². The number of benzene rings is 2. The number of carbonyl (C=O) groups excluding carboxylic acids is 2. The van der Waals surface area contributed by atoms with Crippen molar-refractivity contribution in [3.63, 3.8) is 0 Å². The zero-order valence-electron chi connectivity index (χ0n) is 18.8. The molecule has 2 aliphatic heterocycles. The van der Waals surface area contributed by atoms with Crippen LogP contribution >= 0.6 is 23.2 Å². The number of likely N-dealkylation sites (tertiary alicyclic amines) is 1. The Morgan fingerprint density at radius 1 is 1.09 bits per heavy atom. The summed E-state index contributed by atoms with van der Waals surface area (Å²) in [6.45, 7) is 4.15. The van der Waals surface area contributed by atoms with Crippen LogP contribution in [0.5, 0.6) is 5.75 Å². The van der Waals surface area contributed by atoms with Crippen LogP contribution in [-0.4, -0.2) is 73.1 Å². The Hall–Kier alpha value is -2.58.